The molecule has 2 aromatic carbocycles. The molecule has 10 heteroatoms. The zero-order chi connectivity index (χ0) is 28.6. The zero-order valence-electron chi connectivity index (χ0n) is 22.5. The number of benzene rings is 2. The number of ether oxygens (including phenoxy) is 1. The summed E-state index contributed by atoms with van der Waals surface area (Å²) in [6.45, 7) is 5.46. The highest BCUT2D eigenvalue weighted by Crippen LogP contribution is 2.45. The lowest BCUT2D eigenvalue weighted by Gasteiger charge is -2.29. The Morgan fingerprint density at radius 3 is 2.52 bits per heavy atom. The monoisotopic (exact) mass is 555 g/mol. The van der Waals surface area contributed by atoms with Crippen LogP contribution in [0.3, 0.4) is 0 Å². The molecule has 204 valence electrons. The second kappa shape index (κ2) is 10.8. The Morgan fingerprint density at radius 2 is 1.85 bits per heavy atom. The number of nitrogens with zero attached hydrogens (tertiary/aromatic N) is 3. The summed E-state index contributed by atoms with van der Waals surface area (Å²) in [7, 11) is 1.55. The van der Waals surface area contributed by atoms with E-state index in [1.165, 1.54) is 6.92 Å². The molecule has 1 fully saturated rings. The Hall–Kier alpha value is -4.70. The molecule has 0 bridgehead atoms. The van der Waals surface area contributed by atoms with Crippen LogP contribution in [0, 0.1) is 13.8 Å². The van der Waals surface area contributed by atoms with Crippen LogP contribution in [0.4, 0.5) is 11.4 Å². The quantitative estimate of drug-likeness (QED) is 0.263. The molecule has 2 unspecified atom stereocenters. The Labute approximate surface area is 237 Å². The van der Waals surface area contributed by atoms with Crippen LogP contribution >= 0.6 is 12.2 Å². The van der Waals surface area contributed by atoms with Crippen LogP contribution in [-0.2, 0) is 4.79 Å². The maximum atomic E-state index is 11.9. The fourth-order valence-corrected chi connectivity index (χ4v) is 5.69. The van der Waals surface area contributed by atoms with Crippen molar-refractivity contribution in [1.82, 2.24) is 14.9 Å². The van der Waals surface area contributed by atoms with Gasteiger partial charge >= 0.3 is 5.97 Å². The first-order chi connectivity index (χ1) is 19.2. The van der Waals surface area contributed by atoms with E-state index in [2.05, 4.69) is 21.7 Å². The minimum atomic E-state index is -0.981. The van der Waals surface area contributed by atoms with Gasteiger partial charge in [0, 0.05) is 35.9 Å². The molecule has 9 nitrogen and oxygen atoms in total. The van der Waals surface area contributed by atoms with Crippen molar-refractivity contribution in [2.75, 3.05) is 17.3 Å². The van der Waals surface area contributed by atoms with Gasteiger partial charge in [-0.3, -0.25) is 9.78 Å². The van der Waals surface area contributed by atoms with Crippen molar-refractivity contribution in [3.05, 3.63) is 101 Å². The number of aryl methyl sites for hydroxylation is 1. The Balaban J connectivity index is 1.68. The summed E-state index contributed by atoms with van der Waals surface area (Å²) in [6.07, 6.45) is 1.75. The van der Waals surface area contributed by atoms with E-state index < -0.39 is 5.97 Å². The van der Waals surface area contributed by atoms with Gasteiger partial charge in [0.25, 0.3) is 0 Å². The summed E-state index contributed by atoms with van der Waals surface area (Å²) < 4.78 is 7.52. The first kappa shape index (κ1) is 26.9. The van der Waals surface area contributed by atoms with E-state index in [0.29, 0.717) is 16.5 Å². The van der Waals surface area contributed by atoms with Crippen LogP contribution in [0.5, 0.6) is 5.75 Å². The average Bonchev–Trinajstić information content (AvgIpc) is 3.43. The van der Waals surface area contributed by atoms with Crippen molar-refractivity contribution in [1.29, 1.82) is 0 Å². The SMILES string of the molecule is COc1ccc(N2C(=S)NC(c3ccccn3)C2c2cc(C)n(-c3cccc(C(=O)O)c3)c2C)cc1NC(C)=O. The summed E-state index contributed by atoms with van der Waals surface area (Å²) in [5, 5.41) is 16.4. The second-order valence-electron chi connectivity index (χ2n) is 9.58. The van der Waals surface area contributed by atoms with Crippen molar-refractivity contribution in [3.8, 4) is 11.4 Å². The number of hydrogen-bond acceptors (Lipinski definition) is 5. The van der Waals surface area contributed by atoms with E-state index >= 15 is 0 Å². The number of carboxylic acid groups (broad SMARTS) is 1. The molecule has 2 aromatic heterocycles. The Bertz CT molecular complexity index is 1620. The molecule has 1 amide bonds. The predicted molar refractivity (Wildman–Crippen MR) is 157 cm³/mol. The summed E-state index contributed by atoms with van der Waals surface area (Å²) in [6, 6.07) is 19.7. The van der Waals surface area contributed by atoms with Crippen LogP contribution < -0.4 is 20.3 Å². The van der Waals surface area contributed by atoms with Gasteiger partial charge in [0.1, 0.15) is 5.75 Å². The standard InChI is InChI=1S/C30H29N5O4S/c1-17-14-23(18(2)34(17)21-9-7-8-20(15-21)29(37)38)28-27(24-10-5-6-13-31-24)33-30(40)35(28)22-11-12-26(39-4)25(16-22)32-19(3)36/h5-16,27-28H,1-4H3,(H,32,36)(H,33,40)(H,37,38). The zero-order valence-corrected chi connectivity index (χ0v) is 23.3. The minimum absolute atomic E-state index is 0.215. The topological polar surface area (TPSA) is 109 Å². The number of carbonyl (C=O) groups excluding carboxylic acids is 1. The van der Waals surface area contributed by atoms with Gasteiger partial charge in [0.2, 0.25) is 5.91 Å². The lowest BCUT2D eigenvalue weighted by atomic mass is 9.96. The van der Waals surface area contributed by atoms with E-state index in [1.807, 2.05) is 59.7 Å². The highest BCUT2D eigenvalue weighted by atomic mass is 32.1. The molecule has 4 aromatic rings. The van der Waals surface area contributed by atoms with Crippen molar-refractivity contribution in [3.63, 3.8) is 0 Å². The maximum absolute atomic E-state index is 11.9. The maximum Gasteiger partial charge on any atom is 0.335 e. The first-order valence-electron chi connectivity index (χ1n) is 12.7. The first-order valence-corrected chi connectivity index (χ1v) is 13.1. The van der Waals surface area contributed by atoms with Gasteiger partial charge in [-0.25, -0.2) is 4.79 Å². The fourth-order valence-electron chi connectivity index (χ4n) is 5.34. The lowest BCUT2D eigenvalue weighted by Crippen LogP contribution is -2.29. The third-order valence-electron chi connectivity index (χ3n) is 7.01. The van der Waals surface area contributed by atoms with Gasteiger partial charge < -0.3 is 29.9 Å². The molecule has 40 heavy (non-hydrogen) atoms. The number of thiocarbonyl (C=S) groups is 1. The van der Waals surface area contributed by atoms with Gasteiger partial charge in [0.15, 0.2) is 5.11 Å². The van der Waals surface area contributed by atoms with Gasteiger partial charge in [-0.15, -0.1) is 0 Å². The molecule has 0 saturated carbocycles. The fraction of sp³-hybridized carbons (Fsp3) is 0.200. The van der Waals surface area contributed by atoms with Crippen molar-refractivity contribution in [2.45, 2.75) is 32.9 Å². The number of pyridine rings is 1. The molecule has 3 N–H and O–H groups in total. The molecule has 1 aliphatic heterocycles. The average molecular weight is 556 g/mol. The highest BCUT2D eigenvalue weighted by Gasteiger charge is 2.42. The molecule has 0 aliphatic carbocycles. The minimum Gasteiger partial charge on any atom is -0.495 e. The molecule has 0 spiro atoms. The number of anilines is 2. The van der Waals surface area contributed by atoms with E-state index in [9.17, 15) is 14.7 Å². The number of carbonyl (C=O) groups is 2. The van der Waals surface area contributed by atoms with Gasteiger partial charge in [0.05, 0.1) is 36.1 Å². The Kier molecular flexibility index (Phi) is 7.27. The number of rotatable bonds is 7. The molecule has 5 rings (SSSR count). The number of nitrogens with one attached hydrogen (secondary N) is 2. The van der Waals surface area contributed by atoms with Gasteiger partial charge in [-0.2, -0.15) is 0 Å². The largest absolute Gasteiger partial charge is 0.495 e. The molecule has 1 saturated heterocycles. The number of carboxylic acids is 1. The molecule has 2 atom stereocenters. The van der Waals surface area contributed by atoms with Crippen molar-refractivity contribution in [2.24, 2.45) is 0 Å². The van der Waals surface area contributed by atoms with E-state index in [1.54, 1.807) is 37.6 Å². The summed E-state index contributed by atoms with van der Waals surface area (Å²) in [5.41, 5.74) is 5.98. The molecule has 1 aliphatic rings. The molecule has 0 radical (unpaired) electrons. The molecular weight excluding hydrogens is 526 g/mol. The van der Waals surface area contributed by atoms with Crippen LogP contribution in [0.25, 0.3) is 5.69 Å². The summed E-state index contributed by atoms with van der Waals surface area (Å²) in [5.74, 6) is -0.662. The van der Waals surface area contributed by atoms with Gasteiger partial charge in [-0.05, 0) is 86.2 Å². The predicted octanol–water partition coefficient (Wildman–Crippen LogP) is 5.33. The number of amides is 1. The highest BCUT2D eigenvalue weighted by molar-refractivity contribution is 7.80. The summed E-state index contributed by atoms with van der Waals surface area (Å²) in [4.78, 5) is 30.2. The van der Waals surface area contributed by atoms with Crippen molar-refractivity contribution >= 4 is 40.6 Å². The molecular formula is C30H29N5O4S. The summed E-state index contributed by atoms with van der Waals surface area (Å²) >= 11 is 5.89. The van der Waals surface area contributed by atoms with E-state index in [-0.39, 0.29) is 23.6 Å². The van der Waals surface area contributed by atoms with Crippen molar-refractivity contribution < 1.29 is 19.4 Å². The Morgan fingerprint density at radius 1 is 1.05 bits per heavy atom. The number of methoxy groups -OCH3 is 1. The number of hydrogen-bond donors (Lipinski definition) is 3. The van der Waals surface area contributed by atoms with Crippen LogP contribution in [0.2, 0.25) is 0 Å². The smallest absolute Gasteiger partial charge is 0.335 e. The van der Waals surface area contributed by atoms with Crippen LogP contribution in [0.1, 0.15) is 52.0 Å². The normalized spacial score (nSPS) is 16.5. The van der Waals surface area contributed by atoms with Crippen LogP contribution in [-0.4, -0.2) is 38.8 Å². The third kappa shape index (κ3) is 4.89. The van der Waals surface area contributed by atoms with E-state index in [0.717, 1.165) is 34.0 Å². The third-order valence-corrected chi connectivity index (χ3v) is 7.32. The second-order valence-corrected chi connectivity index (χ2v) is 9.97. The number of aromatic nitrogens is 2. The lowest BCUT2D eigenvalue weighted by molar-refractivity contribution is -0.114. The van der Waals surface area contributed by atoms with E-state index in [4.69, 9.17) is 17.0 Å². The van der Waals surface area contributed by atoms with Crippen LogP contribution in [0.15, 0.2) is 72.9 Å². The number of aromatic carboxylic acids is 1. The van der Waals surface area contributed by atoms with Gasteiger partial charge in [-0.1, -0.05) is 12.1 Å². The molecule has 3 heterocycles.